The van der Waals surface area contributed by atoms with Gasteiger partial charge in [-0.15, -0.1) is 0 Å². The zero-order valence-electron chi connectivity index (χ0n) is 11.0. The van der Waals surface area contributed by atoms with Gasteiger partial charge in [-0.05, 0) is 38.6 Å². The van der Waals surface area contributed by atoms with E-state index in [1.165, 1.54) is 12.8 Å². The lowest BCUT2D eigenvalue weighted by atomic mass is 10.1. The van der Waals surface area contributed by atoms with Gasteiger partial charge < -0.3 is 19.9 Å². The first-order chi connectivity index (χ1) is 8.36. The van der Waals surface area contributed by atoms with Gasteiger partial charge in [0.25, 0.3) is 0 Å². The number of nitrogens with one attached hydrogen (secondary N) is 1. The van der Waals surface area contributed by atoms with Crippen molar-refractivity contribution in [3.8, 4) is 0 Å². The highest BCUT2D eigenvalue weighted by molar-refractivity contribution is 4.66. The largest absolute Gasteiger partial charge is 0.395 e. The van der Waals surface area contributed by atoms with Crippen LogP contribution in [0.4, 0.5) is 0 Å². The molecule has 17 heavy (non-hydrogen) atoms. The second-order valence-corrected chi connectivity index (χ2v) is 4.69. The smallest absolute Gasteiger partial charge is 0.0808 e. The molecule has 0 radical (unpaired) electrons. The highest BCUT2D eigenvalue weighted by Crippen LogP contribution is 2.12. The number of hydrogen-bond acceptors (Lipinski definition) is 4. The highest BCUT2D eigenvalue weighted by atomic mass is 16.5. The van der Waals surface area contributed by atoms with Crippen LogP contribution in [0.15, 0.2) is 0 Å². The van der Waals surface area contributed by atoms with Gasteiger partial charge >= 0.3 is 0 Å². The molecule has 1 aliphatic heterocycles. The van der Waals surface area contributed by atoms with Crippen LogP contribution in [0.3, 0.4) is 0 Å². The van der Waals surface area contributed by atoms with E-state index in [0.717, 1.165) is 32.4 Å². The monoisotopic (exact) mass is 245 g/mol. The molecule has 1 rings (SSSR count). The lowest BCUT2D eigenvalue weighted by Gasteiger charge is -2.23. The van der Waals surface area contributed by atoms with Crippen molar-refractivity contribution in [3.63, 3.8) is 0 Å². The minimum atomic E-state index is 0.169. The van der Waals surface area contributed by atoms with Crippen LogP contribution in [-0.4, -0.2) is 50.2 Å². The van der Waals surface area contributed by atoms with Crippen LogP contribution in [0.25, 0.3) is 0 Å². The maximum atomic E-state index is 9.16. The molecule has 2 unspecified atom stereocenters. The second-order valence-electron chi connectivity index (χ2n) is 4.69. The summed E-state index contributed by atoms with van der Waals surface area (Å²) in [5.74, 6) is 0. The van der Waals surface area contributed by atoms with Crippen molar-refractivity contribution < 1.29 is 14.6 Å². The van der Waals surface area contributed by atoms with Gasteiger partial charge in [0.15, 0.2) is 0 Å². The van der Waals surface area contributed by atoms with Crippen LogP contribution in [-0.2, 0) is 9.47 Å². The number of aliphatic hydroxyl groups is 1. The second kappa shape index (κ2) is 9.83. The van der Waals surface area contributed by atoms with Gasteiger partial charge in [0.1, 0.15) is 0 Å². The standard InChI is InChI=1S/C13H27NO3/c1-2-7-14-12(10-15)6-9-16-11-13-5-3-4-8-17-13/h12-15H,2-11H2,1H3. The molecule has 1 fully saturated rings. The van der Waals surface area contributed by atoms with Gasteiger partial charge in [-0.1, -0.05) is 6.92 Å². The summed E-state index contributed by atoms with van der Waals surface area (Å²) in [6.45, 7) is 5.54. The van der Waals surface area contributed by atoms with Crippen molar-refractivity contribution in [3.05, 3.63) is 0 Å². The molecule has 102 valence electrons. The molecule has 0 aliphatic carbocycles. The predicted octanol–water partition coefficient (Wildman–Crippen LogP) is 1.32. The molecular weight excluding hydrogens is 218 g/mol. The Morgan fingerprint density at radius 2 is 2.35 bits per heavy atom. The molecule has 1 heterocycles. The van der Waals surface area contributed by atoms with Crippen molar-refractivity contribution in [1.82, 2.24) is 5.32 Å². The van der Waals surface area contributed by atoms with E-state index < -0.39 is 0 Å². The van der Waals surface area contributed by atoms with Crippen LogP contribution in [0.1, 0.15) is 39.0 Å². The molecule has 0 bridgehead atoms. The Labute approximate surface area is 105 Å². The van der Waals surface area contributed by atoms with Gasteiger partial charge in [0, 0.05) is 19.3 Å². The normalized spacial score (nSPS) is 22.6. The third kappa shape index (κ3) is 6.99. The number of ether oxygens (including phenoxy) is 2. The topological polar surface area (TPSA) is 50.7 Å². The first-order valence-electron chi connectivity index (χ1n) is 6.90. The fraction of sp³-hybridized carbons (Fsp3) is 1.00. The Balaban J connectivity index is 1.97. The van der Waals surface area contributed by atoms with Gasteiger partial charge in [0.2, 0.25) is 0 Å². The summed E-state index contributed by atoms with van der Waals surface area (Å²) in [7, 11) is 0. The molecule has 4 nitrogen and oxygen atoms in total. The summed E-state index contributed by atoms with van der Waals surface area (Å²) in [5.41, 5.74) is 0. The predicted molar refractivity (Wildman–Crippen MR) is 68.2 cm³/mol. The van der Waals surface area contributed by atoms with Crippen LogP contribution < -0.4 is 5.32 Å². The van der Waals surface area contributed by atoms with E-state index >= 15 is 0 Å². The minimum absolute atomic E-state index is 0.169. The summed E-state index contributed by atoms with van der Waals surface area (Å²) >= 11 is 0. The van der Waals surface area contributed by atoms with E-state index in [1.807, 2.05) is 0 Å². The lowest BCUT2D eigenvalue weighted by Crippen LogP contribution is -2.34. The van der Waals surface area contributed by atoms with Crippen molar-refractivity contribution in [2.45, 2.75) is 51.2 Å². The van der Waals surface area contributed by atoms with Crippen LogP contribution >= 0.6 is 0 Å². The minimum Gasteiger partial charge on any atom is -0.395 e. The number of rotatable bonds is 9. The Hall–Kier alpha value is -0.160. The van der Waals surface area contributed by atoms with E-state index in [-0.39, 0.29) is 12.6 Å². The first kappa shape index (κ1) is 14.9. The zero-order valence-corrected chi connectivity index (χ0v) is 11.0. The van der Waals surface area contributed by atoms with Crippen LogP contribution in [0, 0.1) is 0 Å². The lowest BCUT2D eigenvalue weighted by molar-refractivity contribution is -0.0423. The number of aliphatic hydroxyl groups excluding tert-OH is 1. The maximum absolute atomic E-state index is 9.16. The molecule has 0 amide bonds. The zero-order chi connectivity index (χ0) is 12.3. The summed E-state index contributed by atoms with van der Waals surface area (Å²) in [4.78, 5) is 0. The molecule has 2 N–H and O–H groups in total. The molecule has 0 aromatic rings. The van der Waals surface area contributed by atoms with Gasteiger partial charge in [-0.3, -0.25) is 0 Å². The molecule has 0 saturated carbocycles. The Bertz CT molecular complexity index is 172. The molecule has 4 heteroatoms. The van der Waals surface area contributed by atoms with Crippen molar-refractivity contribution in [2.24, 2.45) is 0 Å². The summed E-state index contributed by atoms with van der Waals surface area (Å²) in [6.07, 6.45) is 5.81. The fourth-order valence-electron chi connectivity index (χ4n) is 1.99. The van der Waals surface area contributed by atoms with Crippen LogP contribution in [0.2, 0.25) is 0 Å². The van der Waals surface area contributed by atoms with Gasteiger partial charge in [-0.25, -0.2) is 0 Å². The van der Waals surface area contributed by atoms with Crippen molar-refractivity contribution >= 4 is 0 Å². The molecule has 0 aromatic heterocycles. The van der Waals surface area contributed by atoms with Crippen molar-refractivity contribution in [2.75, 3.05) is 33.0 Å². The van der Waals surface area contributed by atoms with Gasteiger partial charge in [0.05, 0.1) is 19.3 Å². The molecule has 1 saturated heterocycles. The third-order valence-corrected chi connectivity index (χ3v) is 3.09. The van der Waals surface area contributed by atoms with E-state index in [2.05, 4.69) is 12.2 Å². The van der Waals surface area contributed by atoms with E-state index in [9.17, 15) is 0 Å². The third-order valence-electron chi connectivity index (χ3n) is 3.09. The highest BCUT2D eigenvalue weighted by Gasteiger charge is 2.14. The quantitative estimate of drug-likeness (QED) is 0.602. The number of hydrogen-bond donors (Lipinski definition) is 2. The van der Waals surface area contributed by atoms with E-state index in [1.54, 1.807) is 0 Å². The summed E-state index contributed by atoms with van der Waals surface area (Å²) in [6, 6.07) is 0.169. The average Bonchev–Trinajstić information content (AvgIpc) is 2.39. The Morgan fingerprint density at radius 3 is 3.00 bits per heavy atom. The molecule has 1 aliphatic rings. The molecular formula is C13H27NO3. The molecule has 2 atom stereocenters. The first-order valence-corrected chi connectivity index (χ1v) is 6.90. The van der Waals surface area contributed by atoms with E-state index in [4.69, 9.17) is 14.6 Å². The van der Waals surface area contributed by atoms with E-state index in [0.29, 0.717) is 19.3 Å². The van der Waals surface area contributed by atoms with Crippen molar-refractivity contribution in [1.29, 1.82) is 0 Å². The maximum Gasteiger partial charge on any atom is 0.0808 e. The molecule has 0 aromatic carbocycles. The Kier molecular flexibility index (Phi) is 8.61. The van der Waals surface area contributed by atoms with Gasteiger partial charge in [-0.2, -0.15) is 0 Å². The van der Waals surface area contributed by atoms with Crippen LogP contribution in [0.5, 0.6) is 0 Å². The summed E-state index contributed by atoms with van der Waals surface area (Å²) in [5, 5.41) is 12.5. The summed E-state index contributed by atoms with van der Waals surface area (Å²) < 4.78 is 11.2. The SMILES string of the molecule is CCCNC(CO)CCOCC1CCCCO1. The molecule has 0 spiro atoms. The average molecular weight is 245 g/mol. The fourth-order valence-corrected chi connectivity index (χ4v) is 1.99. The Morgan fingerprint density at radius 1 is 1.47 bits per heavy atom.